The third-order valence-corrected chi connectivity index (χ3v) is 4.26. The molecule has 13 heteroatoms. The number of furan rings is 1. The molecule has 0 radical (unpaired) electrons. The van der Waals surface area contributed by atoms with Gasteiger partial charge in [-0.2, -0.15) is 0 Å². The summed E-state index contributed by atoms with van der Waals surface area (Å²) in [5, 5.41) is 24.9. The first-order chi connectivity index (χ1) is 13.7. The number of nitrogen functional groups attached to an aromatic ring is 1. The lowest BCUT2D eigenvalue weighted by molar-refractivity contribution is -0.402. The zero-order chi connectivity index (χ0) is 21.2. The molecule has 0 bridgehead atoms. The van der Waals surface area contributed by atoms with Gasteiger partial charge in [0.25, 0.3) is 0 Å². The Bertz CT molecular complexity index is 1080. The van der Waals surface area contributed by atoms with Crippen LogP contribution in [0.5, 0.6) is 0 Å². The molecule has 0 saturated carbocycles. The average molecular weight is 469 g/mol. The minimum absolute atomic E-state index is 0.0105. The number of hydrogen-bond acceptors (Lipinski definition) is 9. The largest absolute Gasteiger partial charge is 0.433 e. The Balaban J connectivity index is 1.90. The summed E-state index contributed by atoms with van der Waals surface area (Å²) in [5.74, 6) is -0.763. The predicted molar refractivity (Wildman–Crippen MR) is 102 cm³/mol. The zero-order valence-corrected chi connectivity index (χ0v) is 16.6. The number of rotatable bonds is 6. The Hall–Kier alpha value is -3.48. The number of nitrogens with zero attached hydrogens (tertiary/aromatic N) is 4. The molecule has 3 N–H and O–H groups in total. The molecule has 0 saturated heterocycles. The molecule has 1 aromatic carbocycles. The monoisotopic (exact) mass is 468 g/mol. The highest BCUT2D eigenvalue weighted by atomic mass is 79.9. The molecule has 152 valence electrons. The van der Waals surface area contributed by atoms with Gasteiger partial charge in [0.1, 0.15) is 10.7 Å². The molecule has 3 aromatic rings. The first kappa shape index (κ1) is 20.3. The van der Waals surface area contributed by atoms with Crippen LogP contribution in [0.25, 0.3) is 0 Å². The molecule has 29 heavy (non-hydrogen) atoms. The molecule has 0 spiro atoms. The van der Waals surface area contributed by atoms with Crippen molar-refractivity contribution in [2.24, 2.45) is 5.16 Å². The quantitative estimate of drug-likeness (QED) is 0.237. The molecule has 0 aliphatic heterocycles. The number of hydrogen-bond donors (Lipinski definition) is 2. The van der Waals surface area contributed by atoms with Crippen LogP contribution in [0, 0.1) is 15.9 Å². The SMILES string of the molecule is CC(C)(O/N=C(\Nc1ccc(F)c(Br)c1)c1nonc1N)c1ccc([N+](=O)[O-])o1. The summed E-state index contributed by atoms with van der Waals surface area (Å²) in [6, 6.07) is 6.78. The molecule has 0 aliphatic rings. The molecule has 11 nitrogen and oxygen atoms in total. The van der Waals surface area contributed by atoms with Crippen molar-refractivity contribution in [3.63, 3.8) is 0 Å². The molecule has 0 unspecified atom stereocenters. The van der Waals surface area contributed by atoms with Crippen LogP contribution >= 0.6 is 15.9 Å². The van der Waals surface area contributed by atoms with Crippen LogP contribution in [0.1, 0.15) is 25.3 Å². The van der Waals surface area contributed by atoms with Crippen molar-refractivity contribution in [2.75, 3.05) is 11.1 Å². The molecular weight excluding hydrogens is 455 g/mol. The molecule has 0 aliphatic carbocycles. The number of halogens is 2. The van der Waals surface area contributed by atoms with E-state index in [1.807, 2.05) is 0 Å². The standard InChI is InChI=1S/C16H14BrFN6O5/c1-16(2,11-5-6-12(27-11)24(25)26)28-23-15(13-14(19)22-29-21-13)20-8-3-4-10(18)9(17)7-8/h3-7H,1-2H3,(H2,19,22)(H,20,23). The normalized spacial score (nSPS) is 12.1. The first-order valence-electron chi connectivity index (χ1n) is 7.99. The van der Waals surface area contributed by atoms with E-state index in [2.05, 4.69) is 41.3 Å². The summed E-state index contributed by atoms with van der Waals surface area (Å²) < 4.78 is 23.5. The van der Waals surface area contributed by atoms with Crippen LogP contribution in [-0.4, -0.2) is 21.1 Å². The topological polar surface area (TPSA) is 155 Å². The molecule has 0 fully saturated rings. The van der Waals surface area contributed by atoms with Crippen LogP contribution < -0.4 is 11.1 Å². The van der Waals surface area contributed by atoms with Crippen LogP contribution in [0.3, 0.4) is 0 Å². The summed E-state index contributed by atoms with van der Waals surface area (Å²) >= 11 is 3.09. The van der Waals surface area contributed by atoms with Gasteiger partial charge < -0.3 is 20.3 Å². The van der Waals surface area contributed by atoms with Crippen LogP contribution in [0.15, 0.2) is 49.0 Å². The van der Waals surface area contributed by atoms with Gasteiger partial charge in [0.2, 0.25) is 5.84 Å². The zero-order valence-electron chi connectivity index (χ0n) is 15.1. The van der Waals surface area contributed by atoms with E-state index in [0.717, 1.165) is 0 Å². The fourth-order valence-corrected chi connectivity index (χ4v) is 2.53. The maximum Gasteiger partial charge on any atom is 0.433 e. The van der Waals surface area contributed by atoms with Gasteiger partial charge >= 0.3 is 5.88 Å². The molecule has 0 amide bonds. The van der Waals surface area contributed by atoms with Gasteiger partial charge in [0, 0.05) is 5.69 Å². The maximum absolute atomic E-state index is 13.5. The molecular formula is C16H14BrFN6O5. The lowest BCUT2D eigenvalue weighted by atomic mass is 10.1. The molecule has 2 aromatic heterocycles. The second-order valence-corrected chi connectivity index (χ2v) is 7.04. The van der Waals surface area contributed by atoms with E-state index >= 15 is 0 Å². The van der Waals surface area contributed by atoms with E-state index in [-0.39, 0.29) is 27.6 Å². The minimum atomic E-state index is -1.18. The van der Waals surface area contributed by atoms with E-state index in [1.54, 1.807) is 13.8 Å². The Kier molecular flexibility index (Phi) is 5.50. The highest BCUT2D eigenvalue weighted by Crippen LogP contribution is 2.30. The number of aromatic nitrogens is 2. The van der Waals surface area contributed by atoms with Crippen molar-refractivity contribution < 1.29 is 23.2 Å². The predicted octanol–water partition coefficient (Wildman–Crippen LogP) is 3.78. The average Bonchev–Trinajstić information content (AvgIpc) is 3.31. The van der Waals surface area contributed by atoms with Crippen molar-refractivity contribution in [2.45, 2.75) is 19.4 Å². The van der Waals surface area contributed by atoms with E-state index in [1.165, 1.54) is 30.3 Å². The van der Waals surface area contributed by atoms with Gasteiger partial charge in [-0.15, -0.1) is 0 Å². The van der Waals surface area contributed by atoms with Gasteiger partial charge in [-0.05, 0) is 64.4 Å². The summed E-state index contributed by atoms with van der Waals surface area (Å²) in [6.07, 6.45) is 0. The van der Waals surface area contributed by atoms with Crippen molar-refractivity contribution in [3.05, 3.63) is 62.2 Å². The number of oxime groups is 1. The smallest absolute Gasteiger partial charge is 0.401 e. The minimum Gasteiger partial charge on any atom is -0.401 e. The van der Waals surface area contributed by atoms with Crippen LogP contribution in [-0.2, 0) is 10.4 Å². The number of nitrogens with one attached hydrogen (secondary N) is 1. The summed E-state index contributed by atoms with van der Waals surface area (Å²) in [4.78, 5) is 15.7. The van der Waals surface area contributed by atoms with Crippen molar-refractivity contribution in [3.8, 4) is 0 Å². The summed E-state index contributed by atoms with van der Waals surface area (Å²) in [5.41, 5.74) is 5.03. The van der Waals surface area contributed by atoms with Gasteiger partial charge in [0.05, 0.1) is 10.5 Å². The fraction of sp³-hybridized carbons (Fsp3) is 0.188. The fourth-order valence-electron chi connectivity index (χ4n) is 2.15. The van der Waals surface area contributed by atoms with E-state index in [4.69, 9.17) is 15.0 Å². The number of nitro groups is 1. The Labute approximate surface area is 170 Å². The van der Waals surface area contributed by atoms with E-state index in [0.29, 0.717) is 5.69 Å². The number of amidine groups is 1. The lowest BCUT2D eigenvalue weighted by Crippen LogP contribution is -2.22. The first-order valence-corrected chi connectivity index (χ1v) is 8.78. The molecule has 0 atom stereocenters. The van der Waals surface area contributed by atoms with Gasteiger partial charge in [-0.25, -0.2) is 9.02 Å². The summed E-state index contributed by atoms with van der Waals surface area (Å²) in [6.45, 7) is 3.19. The van der Waals surface area contributed by atoms with Gasteiger partial charge in [0.15, 0.2) is 22.9 Å². The highest BCUT2D eigenvalue weighted by Gasteiger charge is 2.30. The number of nitrogens with two attached hydrogens (primary N) is 1. The van der Waals surface area contributed by atoms with E-state index in [9.17, 15) is 14.5 Å². The lowest BCUT2D eigenvalue weighted by Gasteiger charge is -2.20. The van der Waals surface area contributed by atoms with Crippen molar-refractivity contribution in [1.82, 2.24) is 10.3 Å². The third-order valence-electron chi connectivity index (χ3n) is 3.65. The molecule has 3 rings (SSSR count). The Morgan fingerprint density at radius 3 is 2.72 bits per heavy atom. The van der Waals surface area contributed by atoms with Gasteiger partial charge in [-0.3, -0.25) is 10.1 Å². The maximum atomic E-state index is 13.5. The second kappa shape index (κ2) is 7.87. The van der Waals surface area contributed by atoms with Crippen molar-refractivity contribution in [1.29, 1.82) is 0 Å². The highest BCUT2D eigenvalue weighted by molar-refractivity contribution is 9.10. The van der Waals surface area contributed by atoms with Crippen molar-refractivity contribution >= 4 is 39.2 Å². The van der Waals surface area contributed by atoms with Crippen LogP contribution in [0.2, 0.25) is 0 Å². The van der Waals surface area contributed by atoms with Gasteiger partial charge in [-0.1, -0.05) is 5.16 Å². The number of anilines is 2. The molecule has 2 heterocycles. The Morgan fingerprint density at radius 2 is 2.14 bits per heavy atom. The third kappa shape index (κ3) is 4.51. The summed E-state index contributed by atoms with van der Waals surface area (Å²) in [7, 11) is 0. The van der Waals surface area contributed by atoms with Crippen LogP contribution in [0.4, 0.5) is 21.8 Å². The number of benzene rings is 1. The Morgan fingerprint density at radius 1 is 1.38 bits per heavy atom. The van der Waals surface area contributed by atoms with E-state index < -0.39 is 22.2 Å². The second-order valence-electron chi connectivity index (χ2n) is 6.19.